The molecule has 0 aliphatic heterocycles. The highest BCUT2D eigenvalue weighted by atomic mass is 19.4. The van der Waals surface area contributed by atoms with E-state index >= 15 is 0 Å². The van der Waals surface area contributed by atoms with Crippen LogP contribution in [0.4, 0.5) is 65.9 Å². The molecule has 0 aromatic carbocycles. The van der Waals surface area contributed by atoms with Crippen molar-refractivity contribution in [3.63, 3.8) is 0 Å². The minimum absolute atomic E-state index is 2.23. The van der Waals surface area contributed by atoms with E-state index in [1.54, 1.807) is 0 Å². The Kier molecular flexibility index (Phi) is 5.74. The van der Waals surface area contributed by atoms with Crippen molar-refractivity contribution in [2.45, 2.75) is 42.4 Å². The maximum Gasteiger partial charge on any atom is 0.451 e. The molecule has 0 aliphatic rings. The van der Waals surface area contributed by atoms with Gasteiger partial charge in [0.1, 0.15) is 6.61 Å². The van der Waals surface area contributed by atoms with E-state index in [9.17, 15) is 65.9 Å². The summed E-state index contributed by atoms with van der Waals surface area (Å²) in [5.41, 5.74) is -7.50. The van der Waals surface area contributed by atoms with Gasteiger partial charge in [-0.3, -0.25) is 0 Å². The van der Waals surface area contributed by atoms with Crippen molar-refractivity contribution in [3.8, 4) is 0 Å². The largest absolute Gasteiger partial charge is 0.451 e. The van der Waals surface area contributed by atoms with E-state index in [0.29, 0.717) is 0 Å². The Balaban J connectivity index is 6.21. The lowest BCUT2D eigenvalue weighted by Gasteiger charge is -2.39. The van der Waals surface area contributed by atoms with Crippen LogP contribution in [0, 0.1) is 0 Å². The molecule has 0 saturated heterocycles. The van der Waals surface area contributed by atoms with Crippen LogP contribution in [-0.4, -0.2) is 49.0 Å². The molecule has 1 nitrogen and oxygen atoms in total. The number of halogens is 15. The van der Waals surface area contributed by atoms with Crippen molar-refractivity contribution in [2.75, 3.05) is 6.61 Å². The van der Waals surface area contributed by atoms with Gasteiger partial charge in [0.15, 0.2) is 0 Å². The third-order valence-corrected chi connectivity index (χ3v) is 2.33. The maximum atomic E-state index is 13.3. The van der Waals surface area contributed by atoms with Crippen LogP contribution in [-0.2, 0) is 4.74 Å². The van der Waals surface area contributed by atoms with E-state index in [4.69, 9.17) is 0 Å². The Labute approximate surface area is 121 Å². The van der Waals surface area contributed by atoms with Crippen LogP contribution >= 0.6 is 0 Å². The van der Waals surface area contributed by atoms with Crippen molar-refractivity contribution in [3.05, 3.63) is 0 Å². The lowest BCUT2D eigenvalue weighted by molar-refractivity contribution is -0.425. The first-order valence-corrected chi connectivity index (χ1v) is 5.04. The molecule has 0 rings (SSSR count). The third kappa shape index (κ3) is 4.11. The Morgan fingerprint density at radius 1 is 0.583 bits per heavy atom. The molecule has 24 heavy (non-hydrogen) atoms. The van der Waals surface area contributed by atoms with E-state index in [2.05, 4.69) is 4.74 Å². The Morgan fingerprint density at radius 2 is 0.917 bits per heavy atom. The van der Waals surface area contributed by atoms with Crippen molar-refractivity contribution in [1.29, 1.82) is 0 Å². The van der Waals surface area contributed by atoms with Gasteiger partial charge < -0.3 is 4.74 Å². The summed E-state index contributed by atoms with van der Waals surface area (Å²) < 4.78 is 186. The topological polar surface area (TPSA) is 9.23 Å². The van der Waals surface area contributed by atoms with Crippen LogP contribution in [0.1, 0.15) is 0 Å². The lowest BCUT2D eigenvalue weighted by atomic mass is 9.92. The van der Waals surface area contributed by atoms with Gasteiger partial charge in [-0.05, 0) is 0 Å². The Morgan fingerprint density at radius 3 is 1.12 bits per heavy atom. The molecule has 0 bridgehead atoms. The Bertz CT molecular complexity index is 413. The first-order chi connectivity index (χ1) is 10.1. The van der Waals surface area contributed by atoms with E-state index < -0.39 is 49.0 Å². The van der Waals surface area contributed by atoms with Crippen molar-refractivity contribution >= 4 is 0 Å². The summed E-state index contributed by atoms with van der Waals surface area (Å²) in [6, 6.07) is 0. The molecule has 0 N–H and O–H groups in total. The van der Waals surface area contributed by atoms with E-state index in [1.807, 2.05) is 0 Å². The maximum absolute atomic E-state index is 13.3. The molecule has 0 aliphatic carbocycles. The molecule has 0 spiro atoms. The van der Waals surface area contributed by atoms with Crippen LogP contribution in [0.5, 0.6) is 0 Å². The number of alkyl halides is 15. The predicted molar refractivity (Wildman–Crippen MR) is 42.7 cm³/mol. The lowest BCUT2D eigenvalue weighted by Crippen LogP contribution is -2.69. The van der Waals surface area contributed by atoms with Crippen LogP contribution < -0.4 is 0 Å². The van der Waals surface area contributed by atoms with Crippen LogP contribution in [0.15, 0.2) is 0 Å². The number of hydrogen-bond acceptors (Lipinski definition) is 1. The monoisotopic (exact) mass is 400 g/mol. The second-order valence-corrected chi connectivity index (χ2v) is 4.12. The highest BCUT2D eigenvalue weighted by Crippen LogP contribution is 2.55. The van der Waals surface area contributed by atoms with Gasteiger partial charge >= 0.3 is 36.2 Å². The summed E-state index contributed by atoms with van der Waals surface area (Å²) in [5, 5.41) is 0. The van der Waals surface area contributed by atoms with Gasteiger partial charge in [-0.2, -0.15) is 57.1 Å². The fourth-order valence-corrected chi connectivity index (χ4v) is 1.19. The average molecular weight is 400 g/mol. The first kappa shape index (κ1) is 22.9. The molecular formula is C8H3F15O. The van der Waals surface area contributed by atoms with Crippen molar-refractivity contribution in [2.24, 2.45) is 0 Å². The second kappa shape index (κ2) is 6.01. The van der Waals surface area contributed by atoms with Gasteiger partial charge in [-0.25, -0.2) is 8.78 Å². The predicted octanol–water partition coefficient (Wildman–Crippen LogP) is 4.96. The number of hydrogen-bond donors (Lipinski definition) is 0. The summed E-state index contributed by atoms with van der Waals surface area (Å²) >= 11 is 0. The van der Waals surface area contributed by atoms with Gasteiger partial charge in [0.2, 0.25) is 6.17 Å². The van der Waals surface area contributed by atoms with Crippen molar-refractivity contribution in [1.82, 2.24) is 0 Å². The zero-order valence-corrected chi connectivity index (χ0v) is 10.4. The molecule has 0 amide bonds. The highest BCUT2D eigenvalue weighted by molar-refractivity contribution is 5.08. The Hall–Kier alpha value is -1.09. The van der Waals surface area contributed by atoms with Gasteiger partial charge in [-0.15, -0.1) is 0 Å². The fourth-order valence-electron chi connectivity index (χ4n) is 1.19. The van der Waals surface area contributed by atoms with Crippen LogP contribution in [0.2, 0.25) is 0 Å². The molecule has 146 valence electrons. The van der Waals surface area contributed by atoms with Gasteiger partial charge in [0, 0.05) is 0 Å². The number of ether oxygens (including phenoxy) is 1. The van der Waals surface area contributed by atoms with Crippen LogP contribution in [0.3, 0.4) is 0 Å². The minimum Gasteiger partial charge on any atom is -0.327 e. The van der Waals surface area contributed by atoms with Crippen LogP contribution in [0.25, 0.3) is 0 Å². The van der Waals surface area contributed by atoms with Gasteiger partial charge in [-0.1, -0.05) is 0 Å². The molecular weight excluding hydrogens is 397 g/mol. The normalized spacial score (nSPS) is 19.1. The summed E-state index contributed by atoms with van der Waals surface area (Å²) in [7, 11) is 0. The third-order valence-electron chi connectivity index (χ3n) is 2.33. The van der Waals surface area contributed by atoms with Crippen molar-refractivity contribution < 1.29 is 70.6 Å². The van der Waals surface area contributed by atoms with E-state index in [1.165, 1.54) is 0 Å². The molecule has 0 heterocycles. The summed E-state index contributed by atoms with van der Waals surface area (Å²) in [6.07, 6.45) is -34.4. The molecule has 0 radical (unpaired) electrons. The summed E-state index contributed by atoms with van der Waals surface area (Å²) in [6.45, 7) is -3.45. The highest BCUT2D eigenvalue weighted by Gasteiger charge is 2.84. The molecule has 0 aromatic heterocycles. The summed E-state index contributed by atoms with van der Waals surface area (Å²) in [5.74, 6) is -6.90. The van der Waals surface area contributed by atoms with E-state index in [0.717, 1.165) is 0 Å². The van der Waals surface area contributed by atoms with E-state index in [-0.39, 0.29) is 0 Å². The molecule has 0 saturated carbocycles. The molecule has 2 atom stereocenters. The van der Waals surface area contributed by atoms with Gasteiger partial charge in [0.25, 0.3) is 0 Å². The zero-order chi connectivity index (χ0) is 20.0. The SMILES string of the molecule is FC(C(F)(OCC(F)(F)F)C(F)(F)F)C(F)(C(F)(F)F)C(F)(F)F. The summed E-state index contributed by atoms with van der Waals surface area (Å²) in [4.78, 5) is 0. The minimum atomic E-state index is -7.51. The van der Waals surface area contributed by atoms with Gasteiger partial charge in [0.05, 0.1) is 0 Å². The average Bonchev–Trinajstić information content (AvgIpc) is 2.28. The molecule has 0 aromatic rings. The molecule has 0 fully saturated rings. The second-order valence-electron chi connectivity index (χ2n) is 4.12. The molecule has 2 unspecified atom stereocenters. The first-order valence-electron chi connectivity index (χ1n) is 5.04. The quantitative estimate of drug-likeness (QED) is 0.606. The fraction of sp³-hybridized carbons (Fsp3) is 1.00. The number of rotatable bonds is 4. The molecule has 16 heteroatoms. The zero-order valence-electron chi connectivity index (χ0n) is 10.4. The smallest absolute Gasteiger partial charge is 0.327 e. The standard InChI is InChI=1S/C8H3F15O/c9-2(4(13,6(15,16)17)7(18,19)20)5(14,8(21,22)23)24-1-3(10,11)12/h2H,1H2.